The molecule has 0 unspecified atom stereocenters. The van der Waals surface area contributed by atoms with Crippen LogP contribution in [0.4, 0.5) is 0 Å². The average Bonchev–Trinajstić information content (AvgIpc) is 2.67. The first-order chi connectivity index (χ1) is 7.29. The second-order valence-electron chi connectivity index (χ2n) is 4.67. The number of nitrogens with zero attached hydrogens (tertiary/aromatic N) is 2. The van der Waals surface area contributed by atoms with Crippen molar-refractivity contribution in [2.75, 3.05) is 0 Å². The maximum atomic E-state index is 5.50. The quantitative estimate of drug-likeness (QED) is 0.763. The van der Waals surface area contributed by atoms with Crippen molar-refractivity contribution in [1.29, 1.82) is 0 Å². The van der Waals surface area contributed by atoms with Gasteiger partial charge in [-0.15, -0.1) is 10.2 Å². The second kappa shape index (κ2) is 4.77. The van der Waals surface area contributed by atoms with E-state index in [1.165, 1.54) is 38.5 Å². The van der Waals surface area contributed by atoms with Crippen LogP contribution >= 0.6 is 0 Å². The SMILES string of the molecule is CCCC1CCC(c2nnc(C)o2)CC1. The van der Waals surface area contributed by atoms with Gasteiger partial charge in [0.15, 0.2) is 0 Å². The highest BCUT2D eigenvalue weighted by Gasteiger charge is 2.25. The van der Waals surface area contributed by atoms with Crippen molar-refractivity contribution in [3.8, 4) is 0 Å². The van der Waals surface area contributed by atoms with E-state index in [2.05, 4.69) is 17.1 Å². The molecule has 0 radical (unpaired) electrons. The number of aryl methyl sites for hydroxylation is 1. The van der Waals surface area contributed by atoms with Crippen molar-refractivity contribution < 1.29 is 4.42 Å². The van der Waals surface area contributed by atoms with Crippen LogP contribution in [-0.4, -0.2) is 10.2 Å². The fraction of sp³-hybridized carbons (Fsp3) is 0.833. The van der Waals surface area contributed by atoms with E-state index in [1.807, 2.05) is 6.92 Å². The zero-order chi connectivity index (χ0) is 10.7. The minimum Gasteiger partial charge on any atom is -0.425 e. The molecule has 0 aromatic carbocycles. The zero-order valence-electron chi connectivity index (χ0n) is 9.70. The molecule has 1 aromatic rings. The Kier molecular flexibility index (Phi) is 3.39. The minimum atomic E-state index is 0.527. The lowest BCUT2D eigenvalue weighted by Crippen LogP contribution is -2.13. The molecule has 3 heteroatoms. The molecule has 0 amide bonds. The third kappa shape index (κ3) is 2.58. The molecule has 0 N–H and O–H groups in total. The minimum absolute atomic E-state index is 0.527. The molecular weight excluding hydrogens is 188 g/mol. The van der Waals surface area contributed by atoms with Gasteiger partial charge >= 0.3 is 0 Å². The topological polar surface area (TPSA) is 38.9 Å². The Balaban J connectivity index is 1.88. The van der Waals surface area contributed by atoms with Gasteiger partial charge in [-0.1, -0.05) is 19.8 Å². The van der Waals surface area contributed by atoms with Gasteiger partial charge < -0.3 is 4.42 Å². The van der Waals surface area contributed by atoms with E-state index in [0.717, 1.165) is 11.8 Å². The van der Waals surface area contributed by atoms with Crippen LogP contribution < -0.4 is 0 Å². The lowest BCUT2D eigenvalue weighted by Gasteiger charge is -2.25. The Morgan fingerprint density at radius 1 is 1.20 bits per heavy atom. The van der Waals surface area contributed by atoms with Gasteiger partial charge in [-0.3, -0.25) is 0 Å². The Morgan fingerprint density at radius 3 is 2.47 bits per heavy atom. The van der Waals surface area contributed by atoms with E-state index in [1.54, 1.807) is 0 Å². The van der Waals surface area contributed by atoms with E-state index in [4.69, 9.17) is 4.42 Å². The van der Waals surface area contributed by atoms with Gasteiger partial charge in [-0.2, -0.15) is 0 Å². The summed E-state index contributed by atoms with van der Waals surface area (Å²) in [7, 11) is 0. The number of aromatic nitrogens is 2. The maximum absolute atomic E-state index is 5.50. The summed E-state index contributed by atoms with van der Waals surface area (Å²) in [5.41, 5.74) is 0. The van der Waals surface area contributed by atoms with E-state index >= 15 is 0 Å². The first kappa shape index (κ1) is 10.7. The predicted molar refractivity (Wildman–Crippen MR) is 58.6 cm³/mol. The molecule has 84 valence electrons. The molecule has 0 saturated heterocycles. The summed E-state index contributed by atoms with van der Waals surface area (Å²) >= 11 is 0. The lowest BCUT2D eigenvalue weighted by molar-refractivity contribution is 0.278. The van der Waals surface area contributed by atoms with Gasteiger partial charge in [-0.05, 0) is 31.6 Å². The number of hydrogen-bond donors (Lipinski definition) is 0. The summed E-state index contributed by atoms with van der Waals surface area (Å²) in [6.45, 7) is 4.13. The summed E-state index contributed by atoms with van der Waals surface area (Å²) in [4.78, 5) is 0. The van der Waals surface area contributed by atoms with Crippen LogP contribution in [0.15, 0.2) is 4.42 Å². The summed E-state index contributed by atoms with van der Waals surface area (Å²) in [5.74, 6) is 3.03. The first-order valence-electron chi connectivity index (χ1n) is 6.09. The van der Waals surface area contributed by atoms with Gasteiger partial charge in [0.1, 0.15) is 0 Å². The predicted octanol–water partition coefficient (Wildman–Crippen LogP) is 3.45. The largest absolute Gasteiger partial charge is 0.425 e. The van der Waals surface area contributed by atoms with Crippen LogP contribution in [0.5, 0.6) is 0 Å². The molecule has 1 aromatic heterocycles. The Labute approximate surface area is 91.3 Å². The molecule has 1 aliphatic carbocycles. The van der Waals surface area contributed by atoms with Crippen molar-refractivity contribution in [3.63, 3.8) is 0 Å². The summed E-state index contributed by atoms with van der Waals surface area (Å²) in [5, 5.41) is 8.02. The highest BCUT2D eigenvalue weighted by Crippen LogP contribution is 2.36. The fourth-order valence-electron chi connectivity index (χ4n) is 2.58. The molecule has 3 nitrogen and oxygen atoms in total. The highest BCUT2D eigenvalue weighted by molar-refractivity contribution is 4.93. The molecule has 0 spiro atoms. The molecule has 0 atom stereocenters. The standard InChI is InChI=1S/C12H20N2O/c1-3-4-10-5-7-11(8-6-10)12-14-13-9(2)15-12/h10-11H,3-8H2,1-2H3. The van der Waals surface area contributed by atoms with Gasteiger partial charge in [-0.25, -0.2) is 0 Å². The van der Waals surface area contributed by atoms with Crippen LogP contribution in [0, 0.1) is 12.8 Å². The third-order valence-electron chi connectivity index (χ3n) is 3.43. The first-order valence-corrected chi connectivity index (χ1v) is 6.09. The molecule has 1 aliphatic rings. The molecule has 0 aliphatic heterocycles. The molecule has 1 fully saturated rings. The molecule has 2 rings (SSSR count). The van der Waals surface area contributed by atoms with Crippen LogP contribution in [0.3, 0.4) is 0 Å². The van der Waals surface area contributed by atoms with Gasteiger partial charge in [0, 0.05) is 12.8 Å². The van der Waals surface area contributed by atoms with Crippen LogP contribution in [0.2, 0.25) is 0 Å². The van der Waals surface area contributed by atoms with E-state index < -0.39 is 0 Å². The summed E-state index contributed by atoms with van der Waals surface area (Å²) in [6, 6.07) is 0. The zero-order valence-corrected chi connectivity index (χ0v) is 9.70. The molecule has 0 bridgehead atoms. The molecular formula is C12H20N2O. The number of rotatable bonds is 3. The highest BCUT2D eigenvalue weighted by atomic mass is 16.4. The molecule has 15 heavy (non-hydrogen) atoms. The van der Waals surface area contributed by atoms with Crippen molar-refractivity contribution >= 4 is 0 Å². The monoisotopic (exact) mass is 208 g/mol. The molecule has 1 saturated carbocycles. The lowest BCUT2D eigenvalue weighted by atomic mass is 9.80. The van der Waals surface area contributed by atoms with Crippen molar-refractivity contribution in [1.82, 2.24) is 10.2 Å². The fourth-order valence-corrected chi connectivity index (χ4v) is 2.58. The smallest absolute Gasteiger partial charge is 0.219 e. The van der Waals surface area contributed by atoms with Gasteiger partial charge in [0.2, 0.25) is 11.8 Å². The van der Waals surface area contributed by atoms with Crippen LogP contribution in [0.1, 0.15) is 63.1 Å². The van der Waals surface area contributed by atoms with E-state index in [0.29, 0.717) is 11.8 Å². The van der Waals surface area contributed by atoms with Crippen LogP contribution in [0.25, 0.3) is 0 Å². The normalized spacial score (nSPS) is 26.8. The van der Waals surface area contributed by atoms with Crippen molar-refractivity contribution in [2.45, 2.75) is 58.3 Å². The van der Waals surface area contributed by atoms with Crippen molar-refractivity contribution in [2.24, 2.45) is 5.92 Å². The third-order valence-corrected chi connectivity index (χ3v) is 3.43. The van der Waals surface area contributed by atoms with E-state index in [9.17, 15) is 0 Å². The maximum Gasteiger partial charge on any atom is 0.219 e. The Bertz CT molecular complexity index is 300. The Morgan fingerprint density at radius 2 is 1.93 bits per heavy atom. The summed E-state index contributed by atoms with van der Waals surface area (Å²) < 4.78 is 5.50. The van der Waals surface area contributed by atoms with Gasteiger partial charge in [0.05, 0.1) is 0 Å². The average molecular weight is 208 g/mol. The van der Waals surface area contributed by atoms with Gasteiger partial charge in [0.25, 0.3) is 0 Å². The second-order valence-corrected chi connectivity index (χ2v) is 4.67. The van der Waals surface area contributed by atoms with E-state index in [-0.39, 0.29) is 0 Å². The summed E-state index contributed by atoms with van der Waals surface area (Å²) in [6.07, 6.45) is 7.82. The Hall–Kier alpha value is -0.860. The van der Waals surface area contributed by atoms with Crippen LogP contribution in [-0.2, 0) is 0 Å². The molecule has 1 heterocycles. The van der Waals surface area contributed by atoms with Crippen molar-refractivity contribution in [3.05, 3.63) is 11.8 Å². The number of hydrogen-bond acceptors (Lipinski definition) is 3.